The van der Waals surface area contributed by atoms with Crippen molar-refractivity contribution < 1.29 is 17.9 Å². The first-order valence-corrected chi connectivity index (χ1v) is 5.16. The van der Waals surface area contributed by atoms with Gasteiger partial charge in [0, 0.05) is 23.5 Å². The molecule has 1 aromatic heterocycles. The van der Waals surface area contributed by atoms with Crippen LogP contribution in [0.2, 0.25) is 5.28 Å². The molecule has 0 aliphatic carbocycles. The van der Waals surface area contributed by atoms with E-state index in [2.05, 4.69) is 14.7 Å². The van der Waals surface area contributed by atoms with Crippen LogP contribution in [0.4, 0.5) is 13.2 Å². The van der Waals surface area contributed by atoms with E-state index in [0.717, 1.165) is 0 Å². The van der Waals surface area contributed by atoms with Crippen LogP contribution in [-0.2, 0) is 0 Å². The minimum atomic E-state index is -4.75. The standard InChI is InChI=1S/C11H6ClF3N2O/c12-10-16-5-7(6-17-10)8-3-1-2-4-9(8)18-11(13,14)15/h1-6H. The van der Waals surface area contributed by atoms with Gasteiger partial charge in [0.1, 0.15) is 5.75 Å². The maximum absolute atomic E-state index is 12.2. The number of aromatic nitrogens is 2. The van der Waals surface area contributed by atoms with Crippen LogP contribution in [0, 0.1) is 0 Å². The van der Waals surface area contributed by atoms with Gasteiger partial charge in [0.15, 0.2) is 0 Å². The van der Waals surface area contributed by atoms with E-state index in [0.29, 0.717) is 5.56 Å². The van der Waals surface area contributed by atoms with Gasteiger partial charge in [-0.1, -0.05) is 18.2 Å². The van der Waals surface area contributed by atoms with Crippen molar-refractivity contribution in [2.45, 2.75) is 6.36 Å². The minimum Gasteiger partial charge on any atom is -0.405 e. The zero-order valence-electron chi connectivity index (χ0n) is 8.78. The van der Waals surface area contributed by atoms with E-state index in [1.165, 1.54) is 30.6 Å². The summed E-state index contributed by atoms with van der Waals surface area (Å²) < 4.78 is 40.6. The first-order valence-electron chi connectivity index (χ1n) is 4.78. The first-order chi connectivity index (χ1) is 8.46. The van der Waals surface area contributed by atoms with Gasteiger partial charge in [-0.3, -0.25) is 0 Å². The normalized spacial score (nSPS) is 11.3. The summed E-state index contributed by atoms with van der Waals surface area (Å²) in [5.41, 5.74) is 0.630. The van der Waals surface area contributed by atoms with Gasteiger partial charge in [0.05, 0.1) is 0 Å². The van der Waals surface area contributed by atoms with Crippen molar-refractivity contribution in [3.63, 3.8) is 0 Å². The summed E-state index contributed by atoms with van der Waals surface area (Å²) in [4.78, 5) is 7.42. The Morgan fingerprint density at radius 1 is 1.06 bits per heavy atom. The smallest absolute Gasteiger partial charge is 0.405 e. The molecule has 18 heavy (non-hydrogen) atoms. The average molecular weight is 275 g/mol. The molecule has 0 bridgehead atoms. The molecule has 0 aliphatic heterocycles. The predicted octanol–water partition coefficient (Wildman–Crippen LogP) is 3.70. The number of benzene rings is 1. The fourth-order valence-corrected chi connectivity index (χ4v) is 1.47. The number of para-hydroxylation sites is 1. The summed E-state index contributed by atoms with van der Waals surface area (Å²) in [6.07, 6.45) is -2.09. The van der Waals surface area contributed by atoms with Crippen LogP contribution in [0.1, 0.15) is 0 Å². The molecule has 7 heteroatoms. The van der Waals surface area contributed by atoms with Gasteiger partial charge in [-0.2, -0.15) is 0 Å². The lowest BCUT2D eigenvalue weighted by atomic mass is 10.1. The molecule has 3 nitrogen and oxygen atoms in total. The molecule has 94 valence electrons. The highest BCUT2D eigenvalue weighted by molar-refractivity contribution is 6.28. The van der Waals surface area contributed by atoms with Gasteiger partial charge >= 0.3 is 6.36 Å². The Bertz CT molecular complexity index is 543. The van der Waals surface area contributed by atoms with Gasteiger partial charge in [-0.05, 0) is 17.7 Å². The topological polar surface area (TPSA) is 35.0 Å². The fourth-order valence-electron chi connectivity index (χ4n) is 1.37. The molecule has 0 radical (unpaired) electrons. The van der Waals surface area contributed by atoms with Crippen molar-refractivity contribution in [3.8, 4) is 16.9 Å². The predicted molar refractivity (Wildman–Crippen MR) is 59.2 cm³/mol. The number of hydrogen-bond acceptors (Lipinski definition) is 3. The van der Waals surface area contributed by atoms with Gasteiger partial charge in [-0.15, -0.1) is 13.2 Å². The van der Waals surface area contributed by atoms with Crippen LogP contribution in [0.3, 0.4) is 0 Å². The van der Waals surface area contributed by atoms with Crippen LogP contribution in [0.25, 0.3) is 11.1 Å². The summed E-state index contributed by atoms with van der Waals surface area (Å²) in [5, 5.41) is 0.0213. The van der Waals surface area contributed by atoms with Gasteiger partial charge < -0.3 is 4.74 Å². The van der Waals surface area contributed by atoms with E-state index in [9.17, 15) is 13.2 Å². The highest BCUT2D eigenvalue weighted by Gasteiger charge is 2.32. The molecule has 0 unspecified atom stereocenters. The van der Waals surface area contributed by atoms with E-state index < -0.39 is 6.36 Å². The number of alkyl halides is 3. The molecule has 0 N–H and O–H groups in total. The second kappa shape index (κ2) is 4.81. The number of nitrogens with zero attached hydrogens (tertiary/aromatic N) is 2. The van der Waals surface area contributed by atoms with Crippen molar-refractivity contribution in [1.29, 1.82) is 0 Å². The number of rotatable bonds is 2. The third-order valence-corrected chi connectivity index (χ3v) is 2.24. The summed E-state index contributed by atoms with van der Waals surface area (Å²) in [7, 11) is 0. The second-order valence-electron chi connectivity index (χ2n) is 3.28. The van der Waals surface area contributed by atoms with E-state index in [4.69, 9.17) is 11.6 Å². The second-order valence-corrected chi connectivity index (χ2v) is 3.62. The summed E-state index contributed by atoms with van der Waals surface area (Å²) >= 11 is 5.51. The number of halogens is 4. The van der Waals surface area contributed by atoms with Crippen LogP contribution in [-0.4, -0.2) is 16.3 Å². The van der Waals surface area contributed by atoms with Gasteiger partial charge in [-0.25, -0.2) is 9.97 Å². The SMILES string of the molecule is FC(F)(F)Oc1ccccc1-c1cnc(Cl)nc1. The molecule has 1 aromatic carbocycles. The Morgan fingerprint density at radius 2 is 1.67 bits per heavy atom. The third kappa shape index (κ3) is 3.10. The van der Waals surface area contributed by atoms with Gasteiger partial charge in [0.2, 0.25) is 5.28 Å². The first kappa shape index (κ1) is 12.6. The lowest BCUT2D eigenvalue weighted by Crippen LogP contribution is -2.17. The Balaban J connectivity index is 2.41. The van der Waals surface area contributed by atoms with Crippen molar-refractivity contribution >= 4 is 11.6 Å². The van der Waals surface area contributed by atoms with Crippen LogP contribution < -0.4 is 4.74 Å². The molecule has 0 amide bonds. The quantitative estimate of drug-likeness (QED) is 0.783. The van der Waals surface area contributed by atoms with Crippen molar-refractivity contribution in [1.82, 2.24) is 9.97 Å². The van der Waals surface area contributed by atoms with Crippen molar-refractivity contribution in [2.75, 3.05) is 0 Å². The van der Waals surface area contributed by atoms with E-state index in [1.54, 1.807) is 6.07 Å². The highest BCUT2D eigenvalue weighted by atomic mass is 35.5. The zero-order valence-corrected chi connectivity index (χ0v) is 9.53. The third-order valence-electron chi connectivity index (χ3n) is 2.04. The van der Waals surface area contributed by atoms with Crippen LogP contribution in [0.5, 0.6) is 5.75 Å². The maximum atomic E-state index is 12.2. The molecule has 0 spiro atoms. The Hall–Kier alpha value is -1.82. The van der Waals surface area contributed by atoms with E-state index in [-0.39, 0.29) is 16.6 Å². The van der Waals surface area contributed by atoms with Crippen molar-refractivity contribution in [2.24, 2.45) is 0 Å². The summed E-state index contributed by atoms with van der Waals surface area (Å²) in [6.45, 7) is 0. The molecule has 0 atom stereocenters. The molecule has 2 aromatic rings. The Labute approximate surface area is 105 Å². The largest absolute Gasteiger partial charge is 0.573 e. The van der Waals surface area contributed by atoms with E-state index >= 15 is 0 Å². The van der Waals surface area contributed by atoms with E-state index in [1.807, 2.05) is 0 Å². The zero-order chi connectivity index (χ0) is 13.2. The monoisotopic (exact) mass is 274 g/mol. The lowest BCUT2D eigenvalue weighted by Gasteiger charge is -2.12. The Kier molecular flexibility index (Phi) is 3.38. The molecule has 1 heterocycles. The summed E-state index contributed by atoms with van der Waals surface area (Å²) in [5.74, 6) is -0.309. The average Bonchev–Trinajstić information content (AvgIpc) is 2.29. The van der Waals surface area contributed by atoms with Crippen molar-refractivity contribution in [3.05, 3.63) is 41.9 Å². The molecule has 2 rings (SSSR count). The minimum absolute atomic E-state index is 0.0213. The lowest BCUT2D eigenvalue weighted by molar-refractivity contribution is -0.274. The number of hydrogen-bond donors (Lipinski definition) is 0. The summed E-state index contributed by atoms with van der Waals surface area (Å²) in [6, 6.07) is 5.74. The Morgan fingerprint density at radius 3 is 2.28 bits per heavy atom. The van der Waals surface area contributed by atoms with Crippen LogP contribution >= 0.6 is 11.6 Å². The number of ether oxygens (including phenoxy) is 1. The van der Waals surface area contributed by atoms with Crippen LogP contribution in [0.15, 0.2) is 36.7 Å². The molecule has 0 saturated heterocycles. The molecule has 0 aliphatic rings. The molecule has 0 saturated carbocycles. The highest BCUT2D eigenvalue weighted by Crippen LogP contribution is 2.32. The molecular weight excluding hydrogens is 269 g/mol. The molecule has 0 fully saturated rings. The maximum Gasteiger partial charge on any atom is 0.573 e. The van der Waals surface area contributed by atoms with Gasteiger partial charge in [0.25, 0.3) is 0 Å². The fraction of sp³-hybridized carbons (Fsp3) is 0.0909. The molecular formula is C11H6ClF3N2O.